The van der Waals surface area contributed by atoms with Gasteiger partial charge >= 0.3 is 6.18 Å². The molecule has 0 radical (unpaired) electrons. The summed E-state index contributed by atoms with van der Waals surface area (Å²) in [6.07, 6.45) is -4.45. The Morgan fingerprint density at radius 2 is 1.61 bits per heavy atom. The lowest BCUT2D eigenvalue weighted by molar-refractivity contribution is -0.137. The number of rotatable bonds is 7. The van der Waals surface area contributed by atoms with Crippen LogP contribution >= 0.6 is 0 Å². The number of likely N-dealkylation sites (N-methyl/N-ethyl adjacent to an activating group) is 3. The Balaban J connectivity index is 1.84. The molecule has 10 heteroatoms. The fourth-order valence-corrected chi connectivity index (χ4v) is 4.42. The molecular formula is C26H33F3N6O. The highest BCUT2D eigenvalue weighted by Crippen LogP contribution is 2.30. The zero-order chi connectivity index (χ0) is 26.0. The number of fused-ring (bicyclic) bond motifs is 1. The van der Waals surface area contributed by atoms with E-state index in [1.807, 2.05) is 44.2 Å². The summed E-state index contributed by atoms with van der Waals surface area (Å²) in [6, 6.07) is 10.3. The van der Waals surface area contributed by atoms with Gasteiger partial charge in [-0.15, -0.1) is 0 Å². The molecule has 2 heterocycles. The minimum Gasteiger partial charge on any atom is -0.373 e. The number of nitrogens with zero attached hydrogens (tertiary/aromatic N) is 6. The second-order valence-corrected chi connectivity index (χ2v) is 9.69. The van der Waals surface area contributed by atoms with E-state index in [1.165, 1.54) is 16.7 Å². The molecule has 0 atom stereocenters. The van der Waals surface area contributed by atoms with Crippen molar-refractivity contribution in [2.24, 2.45) is 0 Å². The van der Waals surface area contributed by atoms with E-state index in [9.17, 15) is 18.0 Å². The first-order valence-electron chi connectivity index (χ1n) is 12.0. The zero-order valence-electron chi connectivity index (χ0n) is 21.2. The third-order valence-corrected chi connectivity index (χ3v) is 6.65. The van der Waals surface area contributed by atoms with Gasteiger partial charge in [-0.05, 0) is 57.5 Å². The van der Waals surface area contributed by atoms with Crippen LogP contribution in [0.25, 0.3) is 16.6 Å². The molecule has 0 unspecified atom stereocenters. The van der Waals surface area contributed by atoms with Crippen molar-refractivity contribution in [1.82, 2.24) is 24.3 Å². The maximum Gasteiger partial charge on any atom is 0.416 e. The molecule has 0 spiro atoms. The van der Waals surface area contributed by atoms with Crippen LogP contribution in [0.3, 0.4) is 0 Å². The molecule has 0 N–H and O–H groups in total. The van der Waals surface area contributed by atoms with E-state index in [4.69, 9.17) is 4.98 Å². The molecule has 2 aromatic carbocycles. The number of anilines is 1. The summed E-state index contributed by atoms with van der Waals surface area (Å²) in [5.41, 5.74) is 0.673. The summed E-state index contributed by atoms with van der Waals surface area (Å²) in [7, 11) is 7.97. The van der Waals surface area contributed by atoms with Gasteiger partial charge < -0.3 is 14.7 Å². The van der Waals surface area contributed by atoms with Gasteiger partial charge in [0.05, 0.1) is 34.4 Å². The molecular weight excluding hydrogens is 469 g/mol. The lowest BCUT2D eigenvalue weighted by Crippen LogP contribution is -2.44. The molecule has 1 aliphatic rings. The Kier molecular flexibility index (Phi) is 7.67. The number of hydrogen-bond acceptors (Lipinski definition) is 6. The lowest BCUT2D eigenvalue weighted by atomic mass is 10.1. The monoisotopic (exact) mass is 502 g/mol. The molecule has 0 aliphatic carbocycles. The van der Waals surface area contributed by atoms with Gasteiger partial charge in [-0.1, -0.05) is 6.07 Å². The van der Waals surface area contributed by atoms with Crippen molar-refractivity contribution in [3.05, 3.63) is 64.2 Å². The van der Waals surface area contributed by atoms with Gasteiger partial charge in [0, 0.05) is 46.3 Å². The van der Waals surface area contributed by atoms with Crippen LogP contribution in [0, 0.1) is 0 Å². The Bertz CT molecular complexity index is 1250. The van der Waals surface area contributed by atoms with Crippen LogP contribution in [-0.2, 0) is 12.7 Å². The van der Waals surface area contributed by atoms with Crippen molar-refractivity contribution in [3.8, 4) is 5.69 Å². The topological polar surface area (TPSA) is 47.9 Å². The normalized spacial score (nSPS) is 15.7. The predicted molar refractivity (Wildman–Crippen MR) is 137 cm³/mol. The molecule has 3 aromatic rings. The quantitative estimate of drug-likeness (QED) is 0.495. The number of aromatic nitrogens is 2. The number of piperazine rings is 1. The van der Waals surface area contributed by atoms with Gasteiger partial charge in [-0.3, -0.25) is 14.3 Å². The Morgan fingerprint density at radius 3 is 2.22 bits per heavy atom. The molecule has 1 saturated heterocycles. The summed E-state index contributed by atoms with van der Waals surface area (Å²) in [5.74, 6) is 0.518. The van der Waals surface area contributed by atoms with E-state index in [2.05, 4.69) is 21.7 Å². The van der Waals surface area contributed by atoms with Crippen LogP contribution in [0.4, 0.5) is 18.9 Å². The van der Waals surface area contributed by atoms with Crippen LogP contribution in [-0.4, -0.2) is 91.7 Å². The third kappa shape index (κ3) is 5.71. The minimum atomic E-state index is -4.45. The van der Waals surface area contributed by atoms with Crippen LogP contribution in [0.2, 0.25) is 0 Å². The van der Waals surface area contributed by atoms with Crippen LogP contribution in [0.15, 0.2) is 47.3 Å². The smallest absolute Gasteiger partial charge is 0.373 e. The fraction of sp³-hybridized carbons (Fsp3) is 0.462. The summed E-state index contributed by atoms with van der Waals surface area (Å²) >= 11 is 0. The molecule has 7 nitrogen and oxygen atoms in total. The number of halogens is 3. The van der Waals surface area contributed by atoms with Gasteiger partial charge in [0.2, 0.25) is 0 Å². The maximum atomic E-state index is 14.0. The van der Waals surface area contributed by atoms with Crippen molar-refractivity contribution in [2.45, 2.75) is 12.7 Å². The highest BCUT2D eigenvalue weighted by atomic mass is 19.4. The Morgan fingerprint density at radius 1 is 0.944 bits per heavy atom. The molecule has 194 valence electrons. The number of benzene rings is 2. The van der Waals surface area contributed by atoms with Gasteiger partial charge in [0.1, 0.15) is 5.82 Å². The zero-order valence-corrected chi connectivity index (χ0v) is 21.2. The molecule has 1 aliphatic heterocycles. The first-order chi connectivity index (χ1) is 17.0. The van der Waals surface area contributed by atoms with E-state index in [1.54, 1.807) is 0 Å². The highest BCUT2D eigenvalue weighted by molar-refractivity contribution is 5.91. The molecule has 4 rings (SSSR count). The second kappa shape index (κ2) is 10.6. The third-order valence-electron chi connectivity index (χ3n) is 6.65. The standard InChI is InChI=1S/C26H33F3N6O/c1-31(2)12-15-33(4)22-7-5-6-21-24(22)25(36)35(20-10-8-19(9-11-20)26(27,28)29)23(30-21)18-34-16-13-32(3)14-17-34/h5-11H,12-18H2,1-4H3. The largest absolute Gasteiger partial charge is 0.416 e. The van der Waals surface area contributed by atoms with Crippen molar-refractivity contribution in [1.29, 1.82) is 0 Å². The Labute approximate surface area is 209 Å². The van der Waals surface area contributed by atoms with Crippen LogP contribution in [0.5, 0.6) is 0 Å². The van der Waals surface area contributed by atoms with Gasteiger partial charge in [0.25, 0.3) is 5.56 Å². The summed E-state index contributed by atoms with van der Waals surface area (Å²) in [6.45, 7) is 5.39. The summed E-state index contributed by atoms with van der Waals surface area (Å²) < 4.78 is 41.1. The second-order valence-electron chi connectivity index (χ2n) is 9.69. The first kappa shape index (κ1) is 26.1. The van der Waals surface area contributed by atoms with E-state index >= 15 is 0 Å². The first-order valence-corrected chi connectivity index (χ1v) is 12.0. The van der Waals surface area contributed by atoms with Crippen LogP contribution < -0.4 is 10.5 Å². The minimum absolute atomic E-state index is 0.281. The van der Waals surface area contributed by atoms with E-state index in [0.29, 0.717) is 35.5 Å². The summed E-state index contributed by atoms with van der Waals surface area (Å²) in [4.78, 5) is 27.5. The lowest BCUT2D eigenvalue weighted by Gasteiger charge is -2.32. The maximum absolute atomic E-state index is 14.0. The van der Waals surface area contributed by atoms with E-state index in [0.717, 1.165) is 50.5 Å². The molecule has 1 aromatic heterocycles. The van der Waals surface area contributed by atoms with Crippen molar-refractivity contribution >= 4 is 16.6 Å². The molecule has 36 heavy (non-hydrogen) atoms. The molecule has 0 bridgehead atoms. The van der Waals surface area contributed by atoms with E-state index in [-0.39, 0.29) is 5.56 Å². The predicted octanol–water partition coefficient (Wildman–Crippen LogP) is 3.15. The Hall–Kier alpha value is -2.95. The number of hydrogen-bond donors (Lipinski definition) is 0. The van der Waals surface area contributed by atoms with Gasteiger partial charge in [-0.25, -0.2) is 4.98 Å². The van der Waals surface area contributed by atoms with Crippen molar-refractivity contribution < 1.29 is 13.2 Å². The summed E-state index contributed by atoms with van der Waals surface area (Å²) in [5, 5.41) is 0.459. The fourth-order valence-electron chi connectivity index (χ4n) is 4.42. The van der Waals surface area contributed by atoms with Gasteiger partial charge in [0.15, 0.2) is 0 Å². The van der Waals surface area contributed by atoms with Crippen LogP contribution in [0.1, 0.15) is 11.4 Å². The average Bonchev–Trinajstić information content (AvgIpc) is 2.83. The molecule has 1 fully saturated rings. The van der Waals surface area contributed by atoms with E-state index < -0.39 is 11.7 Å². The van der Waals surface area contributed by atoms with Crippen molar-refractivity contribution in [2.75, 3.05) is 72.4 Å². The average molecular weight is 503 g/mol. The highest BCUT2D eigenvalue weighted by Gasteiger charge is 2.30. The van der Waals surface area contributed by atoms with Gasteiger partial charge in [-0.2, -0.15) is 13.2 Å². The van der Waals surface area contributed by atoms with Crippen molar-refractivity contribution in [3.63, 3.8) is 0 Å². The number of alkyl halides is 3. The molecule has 0 saturated carbocycles. The SMILES string of the molecule is CN(C)CCN(C)c1cccc2nc(CN3CCN(C)CC3)n(-c3ccc(C(F)(F)F)cc3)c(=O)c12. The molecule has 0 amide bonds.